The van der Waals surface area contributed by atoms with Gasteiger partial charge in [0.2, 0.25) is 11.8 Å². The SMILES string of the molecule is CC(C)N(C)C(=O)C1CCN(CCC(=O)Nc2sccc2C#N)CC1. The highest BCUT2D eigenvalue weighted by Crippen LogP contribution is 2.23. The molecule has 1 aromatic heterocycles. The summed E-state index contributed by atoms with van der Waals surface area (Å²) in [7, 11) is 1.86. The maximum absolute atomic E-state index is 12.4. The Balaban J connectivity index is 1.73. The zero-order chi connectivity index (χ0) is 18.4. The molecule has 0 saturated carbocycles. The van der Waals surface area contributed by atoms with Gasteiger partial charge < -0.3 is 15.1 Å². The molecule has 6 nitrogen and oxygen atoms in total. The molecule has 0 aliphatic carbocycles. The van der Waals surface area contributed by atoms with Gasteiger partial charge in [-0.15, -0.1) is 11.3 Å². The van der Waals surface area contributed by atoms with E-state index < -0.39 is 0 Å². The average Bonchev–Trinajstić information content (AvgIpc) is 3.06. The van der Waals surface area contributed by atoms with Crippen molar-refractivity contribution in [2.24, 2.45) is 5.92 Å². The first-order chi connectivity index (χ1) is 11.9. The van der Waals surface area contributed by atoms with Crippen molar-refractivity contribution in [2.45, 2.75) is 39.2 Å². The van der Waals surface area contributed by atoms with Crippen molar-refractivity contribution >= 4 is 28.2 Å². The Morgan fingerprint density at radius 2 is 2.12 bits per heavy atom. The predicted octanol–water partition coefficient (Wildman–Crippen LogP) is 2.53. The molecule has 0 atom stereocenters. The first-order valence-electron chi connectivity index (χ1n) is 8.68. The van der Waals surface area contributed by atoms with Crippen LogP contribution < -0.4 is 5.32 Å². The third-order valence-electron chi connectivity index (χ3n) is 4.75. The van der Waals surface area contributed by atoms with Crippen LogP contribution in [0.5, 0.6) is 0 Å². The Morgan fingerprint density at radius 1 is 1.44 bits per heavy atom. The third kappa shape index (κ3) is 5.28. The summed E-state index contributed by atoms with van der Waals surface area (Å²) in [4.78, 5) is 28.5. The van der Waals surface area contributed by atoms with E-state index in [1.54, 1.807) is 11.4 Å². The number of likely N-dealkylation sites (tertiary alicyclic amines) is 1. The van der Waals surface area contributed by atoms with Gasteiger partial charge in [-0.05, 0) is 51.2 Å². The number of piperidine rings is 1. The molecular weight excluding hydrogens is 336 g/mol. The summed E-state index contributed by atoms with van der Waals surface area (Å²) in [6.07, 6.45) is 2.09. The summed E-state index contributed by atoms with van der Waals surface area (Å²) in [6, 6.07) is 4.00. The van der Waals surface area contributed by atoms with E-state index in [9.17, 15) is 9.59 Å². The number of nitrogens with one attached hydrogen (secondary N) is 1. The lowest BCUT2D eigenvalue weighted by Gasteiger charge is -2.34. The van der Waals surface area contributed by atoms with Crippen LogP contribution in [-0.4, -0.2) is 54.3 Å². The number of nitriles is 1. The molecule has 25 heavy (non-hydrogen) atoms. The number of thiophene rings is 1. The van der Waals surface area contributed by atoms with E-state index in [4.69, 9.17) is 5.26 Å². The molecule has 0 spiro atoms. The van der Waals surface area contributed by atoms with Crippen LogP contribution in [0.15, 0.2) is 11.4 Å². The number of carbonyl (C=O) groups excluding carboxylic acids is 2. The number of carbonyl (C=O) groups is 2. The van der Waals surface area contributed by atoms with Gasteiger partial charge in [0.1, 0.15) is 11.1 Å². The van der Waals surface area contributed by atoms with E-state index in [1.165, 1.54) is 11.3 Å². The molecule has 1 saturated heterocycles. The van der Waals surface area contributed by atoms with Crippen LogP contribution in [0, 0.1) is 17.2 Å². The van der Waals surface area contributed by atoms with Gasteiger partial charge in [0.05, 0.1) is 5.56 Å². The lowest BCUT2D eigenvalue weighted by atomic mass is 9.95. The lowest BCUT2D eigenvalue weighted by Crippen LogP contribution is -2.43. The second-order valence-corrected chi connectivity index (χ2v) is 7.65. The van der Waals surface area contributed by atoms with Gasteiger partial charge in [0.15, 0.2) is 0 Å². The highest BCUT2D eigenvalue weighted by atomic mass is 32.1. The van der Waals surface area contributed by atoms with E-state index in [0.29, 0.717) is 23.5 Å². The summed E-state index contributed by atoms with van der Waals surface area (Å²) in [5.41, 5.74) is 0.506. The summed E-state index contributed by atoms with van der Waals surface area (Å²) in [5.74, 6) is 0.257. The van der Waals surface area contributed by atoms with Crippen molar-refractivity contribution in [1.82, 2.24) is 9.80 Å². The van der Waals surface area contributed by atoms with Crippen molar-refractivity contribution in [3.63, 3.8) is 0 Å². The average molecular weight is 362 g/mol. The van der Waals surface area contributed by atoms with Crippen molar-refractivity contribution < 1.29 is 9.59 Å². The van der Waals surface area contributed by atoms with Crippen LogP contribution in [0.25, 0.3) is 0 Å². The molecule has 1 aliphatic heterocycles. The maximum Gasteiger partial charge on any atom is 0.226 e. The molecule has 0 unspecified atom stereocenters. The molecule has 2 amide bonds. The zero-order valence-corrected chi connectivity index (χ0v) is 15.9. The predicted molar refractivity (Wildman–Crippen MR) is 99.4 cm³/mol. The molecule has 1 fully saturated rings. The highest BCUT2D eigenvalue weighted by molar-refractivity contribution is 7.14. The molecule has 136 valence electrons. The monoisotopic (exact) mass is 362 g/mol. The number of nitrogens with zero attached hydrogens (tertiary/aromatic N) is 3. The second-order valence-electron chi connectivity index (χ2n) is 6.73. The standard InChI is InChI=1S/C18H26N4O2S/c1-13(2)21(3)18(24)14-4-8-22(9-5-14)10-6-16(23)20-17-15(12-19)7-11-25-17/h7,11,13-14H,4-6,8-10H2,1-3H3,(H,20,23). The van der Waals surface area contributed by atoms with Gasteiger partial charge in [-0.25, -0.2) is 0 Å². The second kappa shape index (κ2) is 8.97. The number of hydrogen-bond donors (Lipinski definition) is 1. The first-order valence-corrected chi connectivity index (χ1v) is 9.56. The van der Waals surface area contributed by atoms with Crippen molar-refractivity contribution in [2.75, 3.05) is 32.0 Å². The fraction of sp³-hybridized carbons (Fsp3) is 0.611. The van der Waals surface area contributed by atoms with Gasteiger partial charge in [0.25, 0.3) is 0 Å². The van der Waals surface area contributed by atoms with Gasteiger partial charge >= 0.3 is 0 Å². The van der Waals surface area contributed by atoms with Crippen LogP contribution >= 0.6 is 11.3 Å². The minimum absolute atomic E-state index is 0.0725. The van der Waals surface area contributed by atoms with E-state index in [0.717, 1.165) is 25.9 Å². The number of anilines is 1. The quantitative estimate of drug-likeness (QED) is 0.844. The van der Waals surface area contributed by atoms with E-state index in [2.05, 4.69) is 16.3 Å². The Morgan fingerprint density at radius 3 is 2.72 bits per heavy atom. The zero-order valence-electron chi connectivity index (χ0n) is 15.1. The molecular formula is C18H26N4O2S. The molecule has 1 aromatic rings. The summed E-state index contributed by atoms with van der Waals surface area (Å²) in [6.45, 7) is 6.42. The molecule has 0 bridgehead atoms. The largest absolute Gasteiger partial charge is 0.343 e. The molecule has 1 N–H and O–H groups in total. The van der Waals surface area contributed by atoms with Crippen molar-refractivity contribution in [3.05, 3.63) is 17.0 Å². The maximum atomic E-state index is 12.4. The normalized spacial score (nSPS) is 15.8. The van der Waals surface area contributed by atoms with Crippen LogP contribution in [0.2, 0.25) is 0 Å². The summed E-state index contributed by atoms with van der Waals surface area (Å²) in [5, 5.41) is 14.2. The minimum Gasteiger partial charge on any atom is -0.343 e. The van der Waals surface area contributed by atoms with Gasteiger partial charge in [0, 0.05) is 32.0 Å². The molecule has 7 heteroatoms. The summed E-state index contributed by atoms with van der Waals surface area (Å²) < 4.78 is 0. The van der Waals surface area contributed by atoms with Crippen LogP contribution in [0.1, 0.15) is 38.7 Å². The molecule has 1 aliphatic rings. The highest BCUT2D eigenvalue weighted by Gasteiger charge is 2.28. The lowest BCUT2D eigenvalue weighted by molar-refractivity contribution is -0.137. The van der Waals surface area contributed by atoms with Crippen molar-refractivity contribution in [3.8, 4) is 6.07 Å². The van der Waals surface area contributed by atoms with Gasteiger partial charge in [-0.1, -0.05) is 0 Å². The van der Waals surface area contributed by atoms with Crippen LogP contribution in [0.4, 0.5) is 5.00 Å². The van der Waals surface area contributed by atoms with Gasteiger partial charge in [-0.3, -0.25) is 9.59 Å². The van der Waals surface area contributed by atoms with E-state index in [-0.39, 0.29) is 23.8 Å². The molecule has 0 aromatic carbocycles. The fourth-order valence-electron chi connectivity index (χ4n) is 2.89. The minimum atomic E-state index is -0.0725. The van der Waals surface area contributed by atoms with Crippen molar-refractivity contribution in [1.29, 1.82) is 5.26 Å². The smallest absolute Gasteiger partial charge is 0.226 e. The summed E-state index contributed by atoms with van der Waals surface area (Å²) >= 11 is 1.36. The Hall–Kier alpha value is -1.91. The number of amides is 2. The third-order valence-corrected chi connectivity index (χ3v) is 5.58. The Labute approximate surface area is 153 Å². The molecule has 2 rings (SSSR count). The Kier molecular flexibility index (Phi) is 6.97. The molecule has 2 heterocycles. The first kappa shape index (κ1) is 19.4. The number of hydrogen-bond acceptors (Lipinski definition) is 5. The van der Waals surface area contributed by atoms with Gasteiger partial charge in [-0.2, -0.15) is 5.26 Å². The molecule has 0 radical (unpaired) electrons. The van der Waals surface area contributed by atoms with E-state index >= 15 is 0 Å². The van der Waals surface area contributed by atoms with E-state index in [1.807, 2.05) is 25.8 Å². The number of rotatable bonds is 6. The fourth-order valence-corrected chi connectivity index (χ4v) is 3.64. The van der Waals surface area contributed by atoms with Crippen LogP contribution in [-0.2, 0) is 9.59 Å². The van der Waals surface area contributed by atoms with Crippen LogP contribution in [0.3, 0.4) is 0 Å². The Bertz CT molecular complexity index is 642. The topological polar surface area (TPSA) is 76.4 Å².